The summed E-state index contributed by atoms with van der Waals surface area (Å²) < 4.78 is 0. The Kier molecular flexibility index (Phi) is 4.94. The van der Waals surface area contributed by atoms with Gasteiger partial charge in [0.05, 0.1) is 19.0 Å². The van der Waals surface area contributed by atoms with E-state index in [1.54, 1.807) is 0 Å². The number of imide groups is 1. The number of hydrogen-bond acceptors (Lipinski definition) is 3. The number of rotatable bonds is 5. The number of para-hydroxylation sites is 1. The van der Waals surface area contributed by atoms with E-state index in [0.717, 1.165) is 36.0 Å². The molecule has 1 saturated heterocycles. The molecule has 2 atom stereocenters. The molecule has 1 fully saturated rings. The topological polar surface area (TPSA) is 94.3 Å². The maximum atomic E-state index is 12.8. The van der Waals surface area contributed by atoms with E-state index in [1.165, 1.54) is 15.8 Å². The third-order valence-electron chi connectivity index (χ3n) is 6.13. The monoisotopic (exact) mass is 416 g/mol. The van der Waals surface area contributed by atoms with Crippen molar-refractivity contribution in [1.82, 2.24) is 20.5 Å². The van der Waals surface area contributed by atoms with E-state index in [4.69, 9.17) is 0 Å². The number of nitrogens with zero attached hydrogens (tertiary/aromatic N) is 1. The Morgan fingerprint density at radius 2 is 1.84 bits per heavy atom. The van der Waals surface area contributed by atoms with Crippen LogP contribution in [0.5, 0.6) is 0 Å². The largest absolute Gasteiger partial charge is 0.356 e. The van der Waals surface area contributed by atoms with Crippen LogP contribution in [-0.2, 0) is 22.6 Å². The number of carbonyl (C=O) groups is 3. The Morgan fingerprint density at radius 3 is 2.68 bits per heavy atom. The normalized spacial score (nSPS) is 20.6. The summed E-state index contributed by atoms with van der Waals surface area (Å²) in [6.07, 6.45) is 2.75. The summed E-state index contributed by atoms with van der Waals surface area (Å²) in [5.74, 6) is -0.601. The third kappa shape index (κ3) is 3.67. The fraction of sp³-hybridized carbons (Fsp3) is 0.292. The zero-order valence-corrected chi connectivity index (χ0v) is 17.1. The Bertz CT molecular complexity index is 1150. The second-order valence-electron chi connectivity index (χ2n) is 8.19. The Morgan fingerprint density at radius 1 is 1.06 bits per heavy atom. The number of aromatic nitrogens is 1. The van der Waals surface area contributed by atoms with E-state index < -0.39 is 12.1 Å². The minimum atomic E-state index is -0.831. The highest BCUT2D eigenvalue weighted by Gasteiger charge is 2.39. The van der Waals surface area contributed by atoms with Crippen molar-refractivity contribution in [1.29, 1.82) is 0 Å². The van der Waals surface area contributed by atoms with Crippen LogP contribution in [0.2, 0.25) is 0 Å². The predicted molar refractivity (Wildman–Crippen MR) is 116 cm³/mol. The first-order valence-electron chi connectivity index (χ1n) is 10.6. The van der Waals surface area contributed by atoms with E-state index in [2.05, 4.69) is 21.7 Å². The molecule has 158 valence electrons. The second kappa shape index (κ2) is 7.91. The predicted octanol–water partition coefficient (Wildman–Crippen LogP) is 3.17. The molecule has 4 amide bonds. The van der Waals surface area contributed by atoms with Gasteiger partial charge in [0.25, 0.3) is 5.91 Å². The minimum Gasteiger partial charge on any atom is -0.356 e. The van der Waals surface area contributed by atoms with Gasteiger partial charge in [-0.05, 0) is 36.5 Å². The fourth-order valence-corrected chi connectivity index (χ4v) is 4.63. The number of fused-ring (bicyclic) bond motifs is 3. The van der Waals surface area contributed by atoms with Crippen molar-refractivity contribution in [3.05, 3.63) is 71.4 Å². The number of amides is 4. The van der Waals surface area contributed by atoms with E-state index in [0.29, 0.717) is 0 Å². The first-order chi connectivity index (χ1) is 15.1. The Labute approximate surface area is 179 Å². The maximum Gasteiger partial charge on any atom is 0.325 e. The van der Waals surface area contributed by atoms with Gasteiger partial charge in [-0.3, -0.25) is 14.5 Å². The van der Waals surface area contributed by atoms with Gasteiger partial charge in [-0.25, -0.2) is 4.79 Å². The average Bonchev–Trinajstić information content (AvgIpc) is 3.28. The summed E-state index contributed by atoms with van der Waals surface area (Å²) in [4.78, 5) is 42.4. The molecule has 1 aliphatic heterocycles. The van der Waals surface area contributed by atoms with E-state index in [1.807, 2.05) is 48.5 Å². The molecule has 7 heteroatoms. The maximum absolute atomic E-state index is 12.8. The number of aromatic amines is 1. The van der Waals surface area contributed by atoms with Gasteiger partial charge in [-0.1, -0.05) is 48.5 Å². The highest BCUT2D eigenvalue weighted by molar-refractivity contribution is 6.05. The number of benzene rings is 2. The lowest BCUT2D eigenvalue weighted by Crippen LogP contribution is -2.38. The number of nitrogens with one attached hydrogen (secondary N) is 3. The van der Waals surface area contributed by atoms with Crippen LogP contribution in [0.1, 0.15) is 42.1 Å². The Hall–Kier alpha value is -3.61. The van der Waals surface area contributed by atoms with Crippen LogP contribution in [-0.4, -0.2) is 33.8 Å². The zero-order valence-electron chi connectivity index (χ0n) is 17.1. The first kappa shape index (κ1) is 19.4. The Balaban J connectivity index is 1.25. The number of carbonyl (C=O) groups excluding carboxylic acids is 3. The van der Waals surface area contributed by atoms with Crippen LogP contribution in [0.15, 0.2) is 54.6 Å². The van der Waals surface area contributed by atoms with Crippen LogP contribution in [0, 0.1) is 0 Å². The van der Waals surface area contributed by atoms with Gasteiger partial charge in [0, 0.05) is 16.6 Å². The molecule has 3 aromatic rings. The van der Waals surface area contributed by atoms with Crippen LogP contribution in [0.3, 0.4) is 0 Å². The second-order valence-corrected chi connectivity index (χ2v) is 8.19. The summed E-state index contributed by atoms with van der Waals surface area (Å²) in [5, 5.41) is 6.92. The van der Waals surface area contributed by atoms with Gasteiger partial charge < -0.3 is 15.6 Å². The molecular weight excluding hydrogens is 392 g/mol. The van der Waals surface area contributed by atoms with Gasteiger partial charge >= 0.3 is 6.03 Å². The van der Waals surface area contributed by atoms with Crippen molar-refractivity contribution < 1.29 is 14.4 Å². The van der Waals surface area contributed by atoms with Gasteiger partial charge in [0.2, 0.25) is 5.91 Å². The smallest absolute Gasteiger partial charge is 0.325 e. The molecule has 2 aliphatic rings. The number of aryl methyl sites for hydroxylation is 1. The molecule has 0 spiro atoms. The van der Waals surface area contributed by atoms with E-state index >= 15 is 0 Å². The molecule has 5 rings (SSSR count). The number of hydrogen-bond donors (Lipinski definition) is 3. The van der Waals surface area contributed by atoms with Gasteiger partial charge in [0.15, 0.2) is 0 Å². The highest BCUT2D eigenvalue weighted by atomic mass is 16.2. The number of urea groups is 1. The third-order valence-corrected chi connectivity index (χ3v) is 6.13. The lowest BCUT2D eigenvalue weighted by molar-refractivity contribution is -0.131. The first-order valence-corrected chi connectivity index (χ1v) is 10.6. The average molecular weight is 416 g/mol. The molecule has 1 aliphatic carbocycles. The van der Waals surface area contributed by atoms with Gasteiger partial charge in [-0.2, -0.15) is 0 Å². The molecule has 0 saturated carbocycles. The van der Waals surface area contributed by atoms with Crippen molar-refractivity contribution >= 4 is 28.7 Å². The molecule has 0 bridgehead atoms. The van der Waals surface area contributed by atoms with E-state index in [9.17, 15) is 14.4 Å². The minimum absolute atomic E-state index is 0.0675. The van der Waals surface area contributed by atoms with Crippen molar-refractivity contribution in [3.63, 3.8) is 0 Å². The molecule has 1 aromatic heterocycles. The molecule has 2 aromatic carbocycles. The van der Waals surface area contributed by atoms with Crippen molar-refractivity contribution in [2.24, 2.45) is 0 Å². The summed E-state index contributed by atoms with van der Waals surface area (Å²) in [6.45, 7) is 0.199. The quantitative estimate of drug-likeness (QED) is 0.558. The van der Waals surface area contributed by atoms with Crippen molar-refractivity contribution in [2.75, 3.05) is 0 Å². The molecule has 0 radical (unpaired) electrons. The lowest BCUT2D eigenvalue weighted by atomic mass is 9.91. The van der Waals surface area contributed by atoms with Crippen LogP contribution in [0.4, 0.5) is 4.79 Å². The molecule has 3 N–H and O–H groups in total. The molecular formula is C24H24N4O3. The fourth-order valence-electron chi connectivity index (χ4n) is 4.63. The summed E-state index contributed by atoms with van der Waals surface area (Å²) >= 11 is 0. The zero-order chi connectivity index (χ0) is 21.4. The van der Waals surface area contributed by atoms with Gasteiger partial charge in [0.1, 0.15) is 6.04 Å². The summed E-state index contributed by atoms with van der Waals surface area (Å²) in [5.41, 5.74) is 4.24. The lowest BCUT2D eigenvalue weighted by Gasteiger charge is -2.24. The van der Waals surface area contributed by atoms with Crippen LogP contribution < -0.4 is 10.6 Å². The van der Waals surface area contributed by atoms with Crippen LogP contribution in [0.25, 0.3) is 10.9 Å². The SMILES string of the molecule is O=C(C[C@@H]1NC(=O)N(Cc2ccccc2)C1=O)NC1CCCc2c1[nH]c1ccccc21. The summed E-state index contributed by atoms with van der Waals surface area (Å²) in [6, 6.07) is 16.1. The molecule has 1 unspecified atom stereocenters. The van der Waals surface area contributed by atoms with Crippen LogP contribution >= 0.6 is 0 Å². The highest BCUT2D eigenvalue weighted by Crippen LogP contribution is 2.34. The standard InChI is InChI=1S/C24H24N4O3/c29-21(13-20-23(30)28(24(31)27-20)14-15-7-2-1-3-8-15)25-19-12-6-10-17-16-9-4-5-11-18(16)26-22(17)19/h1-5,7-9,11,19-20,26H,6,10,12-14H2,(H,25,29)(H,27,31)/t19?,20-/m0/s1. The molecule has 2 heterocycles. The van der Waals surface area contributed by atoms with E-state index in [-0.39, 0.29) is 30.8 Å². The number of H-pyrrole nitrogens is 1. The van der Waals surface area contributed by atoms with Crippen molar-refractivity contribution in [3.8, 4) is 0 Å². The van der Waals surface area contributed by atoms with Crippen molar-refractivity contribution in [2.45, 2.75) is 44.3 Å². The molecule has 31 heavy (non-hydrogen) atoms. The van der Waals surface area contributed by atoms with Gasteiger partial charge in [-0.15, -0.1) is 0 Å². The molecule has 7 nitrogen and oxygen atoms in total. The summed E-state index contributed by atoms with van der Waals surface area (Å²) in [7, 11) is 0.